The van der Waals surface area contributed by atoms with Gasteiger partial charge in [0.15, 0.2) is 0 Å². The molecular formula is C24H19N. The van der Waals surface area contributed by atoms with Gasteiger partial charge in [0.25, 0.3) is 0 Å². The van der Waals surface area contributed by atoms with Gasteiger partial charge in [0.05, 0.1) is 2.74 Å². The molecule has 0 aliphatic rings. The predicted molar refractivity (Wildman–Crippen MR) is 107 cm³/mol. The molecule has 4 aromatic rings. The first-order valence-electron chi connectivity index (χ1n) is 9.30. The average molecular weight is 325 g/mol. The summed E-state index contributed by atoms with van der Waals surface area (Å²) in [6.07, 6.45) is 0. The summed E-state index contributed by atoms with van der Waals surface area (Å²) in [5, 5.41) is 0. The van der Waals surface area contributed by atoms with Crippen LogP contribution in [0.25, 0.3) is 11.1 Å². The van der Waals surface area contributed by atoms with Crippen molar-refractivity contribution in [3.05, 3.63) is 115 Å². The molecule has 4 aromatic carbocycles. The molecule has 0 unspecified atom stereocenters. The van der Waals surface area contributed by atoms with Crippen LogP contribution in [0.1, 0.15) is 2.74 Å². The number of rotatable bonds is 4. The van der Waals surface area contributed by atoms with Crippen molar-refractivity contribution in [3.63, 3.8) is 0 Å². The van der Waals surface area contributed by atoms with Gasteiger partial charge in [0, 0.05) is 17.1 Å². The standard InChI is InChI=1S/C24H19N/c1-4-11-20(12-5-1)21-13-10-18-24(19-21)25(22-14-6-2-7-15-22)23-16-8-3-9-17-23/h1-19H/i1T,2T. The van der Waals surface area contributed by atoms with Crippen molar-refractivity contribution in [1.82, 2.24) is 0 Å². The molecule has 4 rings (SSSR count). The third-order valence-corrected chi connectivity index (χ3v) is 4.13. The monoisotopic (exact) mass is 325 g/mol. The van der Waals surface area contributed by atoms with E-state index in [9.17, 15) is 0 Å². The van der Waals surface area contributed by atoms with Crippen molar-refractivity contribution in [3.8, 4) is 11.1 Å². The summed E-state index contributed by atoms with van der Waals surface area (Å²) in [7, 11) is 0. The third kappa shape index (κ3) is 3.31. The molecule has 0 aliphatic carbocycles. The smallest absolute Gasteiger partial charge is 0.0623 e. The highest BCUT2D eigenvalue weighted by atomic mass is 15.1. The van der Waals surface area contributed by atoms with E-state index in [1.54, 1.807) is 0 Å². The number of hydrogen-bond donors (Lipinski definition) is 0. The van der Waals surface area contributed by atoms with E-state index in [0.717, 1.165) is 28.2 Å². The average Bonchev–Trinajstić information content (AvgIpc) is 2.71. The first kappa shape index (κ1) is 13.0. The maximum atomic E-state index is 7.77. The lowest BCUT2D eigenvalue weighted by atomic mass is 10.0. The second-order valence-electron chi connectivity index (χ2n) is 5.77. The predicted octanol–water partition coefficient (Wildman–Crippen LogP) is 6.82. The van der Waals surface area contributed by atoms with Crippen LogP contribution in [0.3, 0.4) is 0 Å². The Bertz CT molecular complexity index is 1030. The quantitative estimate of drug-likeness (QED) is 0.398. The fraction of sp³-hybridized carbons (Fsp3) is 0. The van der Waals surface area contributed by atoms with Gasteiger partial charge in [0.1, 0.15) is 0 Å². The summed E-state index contributed by atoms with van der Waals surface area (Å²) in [6.45, 7) is 0. The Morgan fingerprint density at radius 1 is 0.480 bits per heavy atom. The minimum absolute atomic E-state index is 0.496. The number of para-hydroxylation sites is 2. The minimum atomic E-state index is 0.496. The summed E-state index contributed by atoms with van der Waals surface area (Å²) >= 11 is 0. The van der Waals surface area contributed by atoms with Crippen LogP contribution in [0.5, 0.6) is 0 Å². The molecule has 0 spiro atoms. The van der Waals surface area contributed by atoms with Crippen molar-refractivity contribution >= 4 is 17.1 Å². The second kappa shape index (κ2) is 7.06. The minimum Gasteiger partial charge on any atom is -0.310 e. The van der Waals surface area contributed by atoms with Crippen molar-refractivity contribution in [1.29, 1.82) is 0 Å². The number of benzene rings is 4. The van der Waals surface area contributed by atoms with Gasteiger partial charge in [-0.3, -0.25) is 0 Å². The van der Waals surface area contributed by atoms with Crippen LogP contribution in [0.2, 0.25) is 0 Å². The molecule has 0 amide bonds. The van der Waals surface area contributed by atoms with Crippen LogP contribution in [-0.4, -0.2) is 0 Å². The van der Waals surface area contributed by atoms with Crippen LogP contribution in [0.15, 0.2) is 115 Å². The maximum absolute atomic E-state index is 7.77. The first-order valence-corrected chi connectivity index (χ1v) is 8.30. The van der Waals surface area contributed by atoms with Gasteiger partial charge in [-0.1, -0.05) is 78.8 Å². The molecule has 0 bridgehead atoms. The largest absolute Gasteiger partial charge is 0.310 e. The van der Waals surface area contributed by atoms with Gasteiger partial charge < -0.3 is 4.90 Å². The lowest BCUT2D eigenvalue weighted by molar-refractivity contribution is 1.28. The Kier molecular flexibility index (Phi) is 3.68. The molecule has 0 saturated carbocycles. The van der Waals surface area contributed by atoms with Gasteiger partial charge in [-0.05, 0) is 47.5 Å². The molecule has 0 saturated heterocycles. The van der Waals surface area contributed by atoms with E-state index in [0.29, 0.717) is 12.1 Å². The van der Waals surface area contributed by atoms with Crippen LogP contribution in [0.4, 0.5) is 17.1 Å². The van der Waals surface area contributed by atoms with Gasteiger partial charge in [0.2, 0.25) is 0 Å². The lowest BCUT2D eigenvalue weighted by Crippen LogP contribution is -2.09. The van der Waals surface area contributed by atoms with Crippen LogP contribution in [-0.2, 0) is 0 Å². The van der Waals surface area contributed by atoms with E-state index >= 15 is 0 Å². The highest BCUT2D eigenvalue weighted by Crippen LogP contribution is 2.35. The molecule has 25 heavy (non-hydrogen) atoms. The van der Waals surface area contributed by atoms with E-state index < -0.39 is 0 Å². The zero-order chi connectivity index (χ0) is 18.6. The second-order valence-corrected chi connectivity index (χ2v) is 5.77. The van der Waals surface area contributed by atoms with Crippen molar-refractivity contribution < 1.29 is 2.74 Å². The topological polar surface area (TPSA) is 3.24 Å². The summed E-state index contributed by atoms with van der Waals surface area (Å²) < 4.78 is 15.5. The Labute approximate surface area is 151 Å². The fourth-order valence-corrected chi connectivity index (χ4v) is 2.96. The Morgan fingerprint density at radius 3 is 1.68 bits per heavy atom. The highest BCUT2D eigenvalue weighted by molar-refractivity contribution is 5.79. The fourth-order valence-electron chi connectivity index (χ4n) is 2.96. The summed E-state index contributed by atoms with van der Waals surface area (Å²) in [5.74, 6) is 0. The summed E-state index contributed by atoms with van der Waals surface area (Å²) in [5.41, 5.74) is 5.31. The van der Waals surface area contributed by atoms with E-state index in [2.05, 4.69) is 35.2 Å². The molecule has 0 heterocycles. The van der Waals surface area contributed by atoms with Crippen LogP contribution < -0.4 is 4.90 Å². The van der Waals surface area contributed by atoms with E-state index in [-0.39, 0.29) is 0 Å². The Hall–Kier alpha value is -3.32. The van der Waals surface area contributed by atoms with Crippen LogP contribution in [0, 0.1) is 0 Å². The summed E-state index contributed by atoms with van der Waals surface area (Å²) in [4.78, 5) is 2.18. The maximum Gasteiger partial charge on any atom is 0.0623 e. The van der Waals surface area contributed by atoms with E-state index in [1.807, 2.05) is 72.8 Å². The molecule has 0 N–H and O–H groups in total. The molecule has 0 aliphatic heterocycles. The molecule has 1 heteroatoms. The molecular weight excluding hydrogens is 302 g/mol. The SMILES string of the molecule is [3H]c1ccc(-c2cccc(N(c3ccccc3)c3ccc([3H])cc3)c2)cc1. The van der Waals surface area contributed by atoms with Crippen molar-refractivity contribution in [2.24, 2.45) is 0 Å². The van der Waals surface area contributed by atoms with E-state index in [1.165, 1.54) is 0 Å². The van der Waals surface area contributed by atoms with Gasteiger partial charge >= 0.3 is 0 Å². The number of hydrogen-bond acceptors (Lipinski definition) is 1. The number of anilines is 3. The van der Waals surface area contributed by atoms with Crippen LogP contribution >= 0.6 is 0 Å². The molecule has 0 radical (unpaired) electrons. The van der Waals surface area contributed by atoms with Crippen molar-refractivity contribution in [2.45, 2.75) is 0 Å². The van der Waals surface area contributed by atoms with Gasteiger partial charge in [-0.15, -0.1) is 0 Å². The molecule has 0 aromatic heterocycles. The highest BCUT2D eigenvalue weighted by Gasteiger charge is 2.12. The molecule has 1 nitrogen and oxygen atoms in total. The van der Waals surface area contributed by atoms with Gasteiger partial charge in [-0.25, -0.2) is 0 Å². The zero-order valence-electron chi connectivity index (χ0n) is 15.8. The third-order valence-electron chi connectivity index (χ3n) is 4.13. The summed E-state index contributed by atoms with van der Waals surface area (Å²) in [6, 6.07) is 34.7. The number of nitrogens with zero attached hydrogens (tertiary/aromatic N) is 1. The molecule has 0 atom stereocenters. The molecule has 120 valence electrons. The lowest BCUT2D eigenvalue weighted by Gasteiger charge is -2.25. The van der Waals surface area contributed by atoms with Gasteiger partial charge in [-0.2, -0.15) is 0 Å². The normalized spacial score (nSPS) is 11.5. The zero-order valence-corrected chi connectivity index (χ0v) is 13.8. The first-order chi connectivity index (χ1) is 13.2. The van der Waals surface area contributed by atoms with Crippen molar-refractivity contribution in [2.75, 3.05) is 4.90 Å². The Morgan fingerprint density at radius 2 is 1.00 bits per heavy atom. The molecule has 0 fully saturated rings. The Balaban J connectivity index is 1.82. The van der Waals surface area contributed by atoms with E-state index in [4.69, 9.17) is 2.74 Å².